The molecular weight excluding hydrogens is 461 g/mol. The van der Waals surface area contributed by atoms with Crippen LogP contribution in [0.1, 0.15) is 40.8 Å². The van der Waals surface area contributed by atoms with Crippen molar-refractivity contribution < 1.29 is 28.2 Å². The molecule has 0 spiro atoms. The maximum absolute atomic E-state index is 13.4. The molecule has 0 N–H and O–H groups in total. The fourth-order valence-electron chi connectivity index (χ4n) is 3.91. The summed E-state index contributed by atoms with van der Waals surface area (Å²) in [5.41, 5.74) is 0.628. The number of nitrogens with zero attached hydrogens (tertiary/aromatic N) is 3. The van der Waals surface area contributed by atoms with Gasteiger partial charge in [0.2, 0.25) is 10.9 Å². The van der Waals surface area contributed by atoms with Crippen molar-refractivity contribution in [3.05, 3.63) is 64.4 Å². The van der Waals surface area contributed by atoms with Crippen molar-refractivity contribution in [2.45, 2.75) is 26.8 Å². The molecule has 1 fully saturated rings. The molecule has 1 aliphatic rings. The Morgan fingerprint density at radius 3 is 2.32 bits per heavy atom. The Bertz CT molecular complexity index is 1240. The predicted octanol–water partition coefficient (Wildman–Crippen LogP) is 3.94. The van der Waals surface area contributed by atoms with E-state index in [0.717, 1.165) is 23.5 Å². The highest BCUT2D eigenvalue weighted by Gasteiger charge is 2.53. The van der Waals surface area contributed by atoms with Gasteiger partial charge >= 0.3 is 0 Å². The minimum atomic E-state index is -1.35. The average molecular weight is 484 g/mol. The van der Waals surface area contributed by atoms with E-state index >= 15 is 0 Å². The first-order valence-corrected chi connectivity index (χ1v) is 11.5. The Morgan fingerprint density at radius 1 is 1.03 bits per heavy atom. The van der Waals surface area contributed by atoms with Crippen molar-refractivity contribution in [2.75, 3.05) is 18.1 Å². The molecule has 10 heteroatoms. The SMILES string of the molecule is CCOc1ccc(C2C(C(=O)c3ccc(F)cc3)C(=O)C(=O)N2c2nnc(C)s2)cc1OCC. The van der Waals surface area contributed by atoms with Gasteiger partial charge in [-0.25, -0.2) is 4.39 Å². The van der Waals surface area contributed by atoms with Crippen LogP contribution < -0.4 is 14.4 Å². The highest BCUT2D eigenvalue weighted by atomic mass is 32.1. The Kier molecular flexibility index (Phi) is 6.69. The number of ketones is 2. The fourth-order valence-corrected chi connectivity index (χ4v) is 4.63. The summed E-state index contributed by atoms with van der Waals surface area (Å²) < 4.78 is 24.8. The van der Waals surface area contributed by atoms with E-state index in [9.17, 15) is 18.8 Å². The molecule has 2 aromatic carbocycles. The van der Waals surface area contributed by atoms with E-state index in [-0.39, 0.29) is 10.7 Å². The van der Waals surface area contributed by atoms with Gasteiger partial charge in [-0.15, -0.1) is 10.2 Å². The van der Waals surface area contributed by atoms with Gasteiger partial charge in [-0.05, 0) is 62.7 Å². The largest absolute Gasteiger partial charge is 0.490 e. The Hall–Kier alpha value is -3.66. The van der Waals surface area contributed by atoms with Crippen LogP contribution in [0, 0.1) is 18.7 Å². The number of amides is 1. The van der Waals surface area contributed by atoms with Crippen molar-refractivity contribution in [3.63, 3.8) is 0 Å². The Labute approximate surface area is 199 Å². The highest BCUT2D eigenvalue weighted by Crippen LogP contribution is 2.44. The number of carbonyl (C=O) groups excluding carboxylic acids is 3. The third kappa shape index (κ3) is 4.28. The lowest BCUT2D eigenvalue weighted by atomic mass is 9.86. The highest BCUT2D eigenvalue weighted by molar-refractivity contribution is 7.15. The lowest BCUT2D eigenvalue weighted by Gasteiger charge is -2.25. The van der Waals surface area contributed by atoms with E-state index in [1.54, 1.807) is 25.1 Å². The van der Waals surface area contributed by atoms with Crippen molar-refractivity contribution in [2.24, 2.45) is 5.92 Å². The summed E-state index contributed by atoms with van der Waals surface area (Å²) in [5.74, 6) is -3.24. The fraction of sp³-hybridized carbons (Fsp3) is 0.292. The quantitative estimate of drug-likeness (QED) is 0.272. The first kappa shape index (κ1) is 23.5. The molecule has 0 radical (unpaired) electrons. The summed E-state index contributed by atoms with van der Waals surface area (Å²) in [4.78, 5) is 40.9. The Balaban J connectivity index is 1.86. The number of hydrogen-bond donors (Lipinski definition) is 0. The molecule has 2 unspecified atom stereocenters. The van der Waals surface area contributed by atoms with Crippen molar-refractivity contribution in [3.8, 4) is 11.5 Å². The number of aryl methyl sites for hydroxylation is 1. The minimum Gasteiger partial charge on any atom is -0.490 e. The zero-order valence-electron chi connectivity index (χ0n) is 18.8. The van der Waals surface area contributed by atoms with E-state index in [1.807, 2.05) is 13.8 Å². The molecule has 0 aliphatic carbocycles. The van der Waals surface area contributed by atoms with E-state index in [4.69, 9.17) is 9.47 Å². The van der Waals surface area contributed by atoms with Crippen molar-refractivity contribution >= 4 is 33.9 Å². The van der Waals surface area contributed by atoms with E-state index < -0.39 is 35.3 Å². The normalized spacial score (nSPS) is 17.8. The summed E-state index contributed by atoms with van der Waals surface area (Å²) in [5, 5.41) is 8.82. The molecule has 4 rings (SSSR count). The zero-order chi connectivity index (χ0) is 24.4. The number of hydrogen-bond acceptors (Lipinski definition) is 8. The van der Waals surface area contributed by atoms with Gasteiger partial charge in [0.05, 0.1) is 19.3 Å². The summed E-state index contributed by atoms with van der Waals surface area (Å²) in [6.07, 6.45) is 0. The van der Waals surface area contributed by atoms with Gasteiger partial charge in [-0.3, -0.25) is 19.3 Å². The number of carbonyl (C=O) groups is 3. The molecule has 1 aromatic heterocycles. The molecule has 3 aromatic rings. The van der Waals surface area contributed by atoms with Crippen LogP contribution in [0.2, 0.25) is 0 Å². The number of benzene rings is 2. The van der Waals surface area contributed by atoms with Crippen molar-refractivity contribution in [1.82, 2.24) is 10.2 Å². The summed E-state index contributed by atoms with van der Waals surface area (Å²) in [7, 11) is 0. The number of halogens is 1. The topological polar surface area (TPSA) is 98.7 Å². The van der Waals surface area contributed by atoms with Gasteiger partial charge in [0, 0.05) is 5.56 Å². The van der Waals surface area contributed by atoms with Gasteiger partial charge in [-0.2, -0.15) is 0 Å². The van der Waals surface area contributed by atoms with Crippen LogP contribution in [0.3, 0.4) is 0 Å². The summed E-state index contributed by atoms with van der Waals surface area (Å²) in [6.45, 7) is 6.17. The zero-order valence-corrected chi connectivity index (χ0v) is 19.6. The number of aromatic nitrogens is 2. The smallest absolute Gasteiger partial charge is 0.297 e. The molecular formula is C24H22FN3O5S. The second-order valence-electron chi connectivity index (χ2n) is 7.51. The molecule has 0 saturated carbocycles. The predicted molar refractivity (Wildman–Crippen MR) is 123 cm³/mol. The number of ether oxygens (including phenoxy) is 2. The lowest BCUT2D eigenvalue weighted by molar-refractivity contribution is -0.135. The van der Waals surface area contributed by atoms with Crippen LogP contribution in [0.25, 0.3) is 0 Å². The molecule has 1 amide bonds. The molecule has 2 atom stereocenters. The lowest BCUT2D eigenvalue weighted by Crippen LogP contribution is -2.30. The molecule has 2 heterocycles. The van der Waals surface area contributed by atoms with Gasteiger partial charge in [0.25, 0.3) is 5.91 Å². The first-order chi connectivity index (χ1) is 16.3. The number of rotatable bonds is 8. The number of anilines is 1. The summed E-state index contributed by atoms with van der Waals surface area (Å²) in [6, 6.07) is 8.92. The van der Waals surface area contributed by atoms with Gasteiger partial charge < -0.3 is 9.47 Å². The molecule has 34 heavy (non-hydrogen) atoms. The van der Waals surface area contributed by atoms with Crippen LogP contribution in [0.15, 0.2) is 42.5 Å². The molecule has 1 saturated heterocycles. The maximum atomic E-state index is 13.4. The molecule has 176 valence electrons. The van der Waals surface area contributed by atoms with Gasteiger partial charge in [-0.1, -0.05) is 17.4 Å². The van der Waals surface area contributed by atoms with Crippen LogP contribution in [-0.4, -0.2) is 40.9 Å². The molecule has 8 nitrogen and oxygen atoms in total. The van der Waals surface area contributed by atoms with E-state index in [1.165, 1.54) is 17.0 Å². The second kappa shape index (κ2) is 9.68. The Morgan fingerprint density at radius 2 is 1.71 bits per heavy atom. The van der Waals surface area contributed by atoms with Gasteiger partial charge in [0.15, 0.2) is 17.3 Å². The average Bonchev–Trinajstić information content (AvgIpc) is 3.36. The van der Waals surface area contributed by atoms with Crippen LogP contribution in [-0.2, 0) is 9.59 Å². The molecule has 0 bridgehead atoms. The van der Waals surface area contributed by atoms with Crippen molar-refractivity contribution in [1.29, 1.82) is 0 Å². The van der Waals surface area contributed by atoms with E-state index in [2.05, 4.69) is 10.2 Å². The maximum Gasteiger partial charge on any atom is 0.297 e. The third-order valence-electron chi connectivity index (χ3n) is 5.35. The minimum absolute atomic E-state index is 0.129. The third-order valence-corrected chi connectivity index (χ3v) is 6.19. The summed E-state index contributed by atoms with van der Waals surface area (Å²) >= 11 is 1.14. The van der Waals surface area contributed by atoms with E-state index in [0.29, 0.717) is 35.3 Å². The van der Waals surface area contributed by atoms with Crippen LogP contribution >= 0.6 is 11.3 Å². The first-order valence-electron chi connectivity index (χ1n) is 10.7. The monoisotopic (exact) mass is 483 g/mol. The van der Waals surface area contributed by atoms with Crippen LogP contribution in [0.4, 0.5) is 9.52 Å². The number of Topliss-reactive ketones (excluding diaryl/α,β-unsaturated/α-hetero) is 2. The second-order valence-corrected chi connectivity index (χ2v) is 8.67. The standard InChI is InChI=1S/C24H22FN3O5S/c1-4-32-17-11-8-15(12-18(17)33-5-2)20-19(21(29)14-6-9-16(25)10-7-14)22(30)23(31)28(20)24-27-26-13(3)34-24/h6-12,19-20H,4-5H2,1-3H3. The van der Waals surface area contributed by atoms with Gasteiger partial charge in [0.1, 0.15) is 16.7 Å². The van der Waals surface area contributed by atoms with Crippen LogP contribution in [0.5, 0.6) is 11.5 Å². The molecule has 1 aliphatic heterocycles.